The van der Waals surface area contributed by atoms with Crippen molar-refractivity contribution in [1.82, 2.24) is 0 Å². The molecule has 1 unspecified atom stereocenters. The molecule has 1 rings (SSSR count). The van der Waals surface area contributed by atoms with E-state index < -0.39 is 7.60 Å². The van der Waals surface area contributed by atoms with Gasteiger partial charge < -0.3 is 4.52 Å². The molecule has 0 N–H and O–H groups in total. The Kier molecular flexibility index (Phi) is 2.76. The average Bonchev–Trinajstić information content (AvgIpc) is 2.29. The molecular weight excluding hydrogens is 175 g/mol. The van der Waals surface area contributed by atoms with Gasteiger partial charge in [0.15, 0.2) is 0 Å². The lowest BCUT2D eigenvalue weighted by Gasteiger charge is -2.12. The molecular formula is C8H13O3P. The monoisotopic (exact) mass is 188 g/mol. The Hall–Kier alpha value is -0.530. The lowest BCUT2D eigenvalue weighted by atomic mass is 10.2. The summed E-state index contributed by atoms with van der Waals surface area (Å²) in [6.07, 6.45) is 1.57. The van der Waals surface area contributed by atoms with E-state index in [0.717, 1.165) is 0 Å². The first-order valence-corrected chi connectivity index (χ1v) is 5.45. The van der Waals surface area contributed by atoms with Crippen molar-refractivity contribution in [2.45, 2.75) is 13.8 Å². The minimum absolute atomic E-state index is 0.349. The molecule has 68 valence electrons. The second-order valence-corrected chi connectivity index (χ2v) is 4.92. The summed E-state index contributed by atoms with van der Waals surface area (Å²) < 4.78 is 21.6. The molecule has 0 fully saturated rings. The van der Waals surface area contributed by atoms with Gasteiger partial charge in [0.2, 0.25) is 0 Å². The predicted molar refractivity (Wildman–Crippen MR) is 47.8 cm³/mol. The fraction of sp³-hybridized carbons (Fsp3) is 0.500. The van der Waals surface area contributed by atoms with E-state index >= 15 is 0 Å². The second-order valence-electron chi connectivity index (χ2n) is 3.10. The smallest absolute Gasteiger partial charge is 0.403 e. The summed E-state index contributed by atoms with van der Waals surface area (Å²) in [6.45, 7) is 7.93. The van der Waals surface area contributed by atoms with Crippen LogP contribution in [0.4, 0.5) is 0 Å². The lowest BCUT2D eigenvalue weighted by Crippen LogP contribution is -1.99. The molecule has 1 aliphatic heterocycles. The fourth-order valence-corrected chi connectivity index (χ4v) is 2.16. The first kappa shape index (κ1) is 9.56. The Morgan fingerprint density at radius 2 is 2.42 bits per heavy atom. The van der Waals surface area contributed by atoms with Crippen LogP contribution in [-0.2, 0) is 13.6 Å². The lowest BCUT2D eigenvalue weighted by molar-refractivity contribution is 0.228. The summed E-state index contributed by atoms with van der Waals surface area (Å²) >= 11 is 0. The van der Waals surface area contributed by atoms with Crippen molar-refractivity contribution < 1.29 is 13.6 Å². The summed E-state index contributed by atoms with van der Waals surface area (Å²) in [5.41, 5.74) is 0. The number of hydrogen-bond acceptors (Lipinski definition) is 3. The maximum atomic E-state index is 11.5. The normalized spacial score (nSPS) is 28.1. The fourth-order valence-electron chi connectivity index (χ4n) is 0.721. The summed E-state index contributed by atoms with van der Waals surface area (Å²) in [6, 6.07) is 0. The Bertz CT molecular complexity index is 255. The van der Waals surface area contributed by atoms with E-state index in [-0.39, 0.29) is 0 Å². The van der Waals surface area contributed by atoms with Gasteiger partial charge in [0, 0.05) is 5.82 Å². The van der Waals surface area contributed by atoms with Crippen LogP contribution < -0.4 is 0 Å². The molecule has 1 heterocycles. The van der Waals surface area contributed by atoms with Gasteiger partial charge in [-0.3, -0.25) is 4.52 Å². The second kappa shape index (κ2) is 3.46. The number of rotatable bonds is 3. The minimum atomic E-state index is -2.96. The highest BCUT2D eigenvalue weighted by molar-refractivity contribution is 7.57. The van der Waals surface area contributed by atoms with Crippen LogP contribution in [0.2, 0.25) is 0 Å². The summed E-state index contributed by atoms with van der Waals surface area (Å²) in [4.78, 5) is 0. The Morgan fingerprint density at radius 1 is 1.75 bits per heavy atom. The average molecular weight is 188 g/mol. The van der Waals surface area contributed by atoms with Gasteiger partial charge in [-0.15, -0.1) is 0 Å². The summed E-state index contributed by atoms with van der Waals surface area (Å²) in [5, 5.41) is 0. The standard InChI is InChI=1S/C8H13O3P/c1-7(2)6-10-12(9)5-4-8(3)11-12/h4-5,7H,3,6H2,1-2H3. The molecule has 0 aromatic heterocycles. The highest BCUT2D eigenvalue weighted by Gasteiger charge is 2.27. The van der Waals surface area contributed by atoms with Crippen molar-refractivity contribution in [3.8, 4) is 0 Å². The predicted octanol–water partition coefficient (Wildman–Crippen LogP) is 2.91. The molecule has 1 atom stereocenters. The molecule has 0 aromatic rings. The van der Waals surface area contributed by atoms with Gasteiger partial charge in [0.1, 0.15) is 5.76 Å². The van der Waals surface area contributed by atoms with Crippen molar-refractivity contribution in [3.05, 3.63) is 24.2 Å². The van der Waals surface area contributed by atoms with E-state index in [1.54, 1.807) is 6.08 Å². The largest absolute Gasteiger partial charge is 0.422 e. The number of allylic oxidation sites excluding steroid dienone is 1. The molecule has 4 heteroatoms. The van der Waals surface area contributed by atoms with Gasteiger partial charge >= 0.3 is 7.60 Å². The van der Waals surface area contributed by atoms with Crippen molar-refractivity contribution in [3.63, 3.8) is 0 Å². The van der Waals surface area contributed by atoms with Crippen molar-refractivity contribution in [2.75, 3.05) is 6.61 Å². The highest BCUT2D eigenvalue weighted by Crippen LogP contribution is 2.55. The van der Waals surface area contributed by atoms with E-state index in [2.05, 4.69) is 6.58 Å². The third-order valence-electron chi connectivity index (χ3n) is 1.28. The molecule has 0 aliphatic carbocycles. The molecule has 0 bridgehead atoms. The van der Waals surface area contributed by atoms with Gasteiger partial charge in [-0.1, -0.05) is 20.4 Å². The first-order valence-electron chi connectivity index (χ1n) is 3.84. The van der Waals surface area contributed by atoms with E-state index in [9.17, 15) is 4.57 Å². The van der Waals surface area contributed by atoms with Crippen LogP contribution in [-0.4, -0.2) is 6.61 Å². The van der Waals surface area contributed by atoms with Gasteiger partial charge in [-0.2, -0.15) is 0 Å². The maximum Gasteiger partial charge on any atom is 0.403 e. The van der Waals surface area contributed by atoms with Gasteiger partial charge in [0.05, 0.1) is 6.61 Å². The molecule has 0 saturated carbocycles. The number of hydrogen-bond donors (Lipinski definition) is 0. The Balaban J connectivity index is 2.47. The van der Waals surface area contributed by atoms with Gasteiger partial charge in [-0.05, 0) is 12.0 Å². The Labute approximate surface area is 72.6 Å². The molecule has 0 amide bonds. The van der Waals surface area contributed by atoms with Gasteiger partial charge in [0.25, 0.3) is 0 Å². The molecule has 1 aliphatic rings. The minimum Gasteiger partial charge on any atom is -0.422 e. The Morgan fingerprint density at radius 3 is 2.83 bits per heavy atom. The topological polar surface area (TPSA) is 35.5 Å². The van der Waals surface area contributed by atoms with E-state index in [1.807, 2.05) is 13.8 Å². The maximum absolute atomic E-state index is 11.5. The van der Waals surface area contributed by atoms with Crippen LogP contribution in [0.25, 0.3) is 0 Å². The molecule has 0 aromatic carbocycles. The quantitative estimate of drug-likeness (QED) is 0.639. The zero-order valence-corrected chi connectivity index (χ0v) is 8.21. The van der Waals surface area contributed by atoms with Crippen LogP contribution >= 0.6 is 7.60 Å². The zero-order chi connectivity index (χ0) is 9.19. The third-order valence-corrected chi connectivity index (χ3v) is 2.79. The van der Waals surface area contributed by atoms with Crippen molar-refractivity contribution in [1.29, 1.82) is 0 Å². The van der Waals surface area contributed by atoms with Crippen molar-refractivity contribution >= 4 is 7.60 Å². The van der Waals surface area contributed by atoms with E-state index in [0.29, 0.717) is 18.3 Å². The first-order chi connectivity index (χ1) is 5.52. The van der Waals surface area contributed by atoms with Crippen LogP contribution in [0.3, 0.4) is 0 Å². The summed E-state index contributed by atoms with van der Waals surface area (Å²) in [7, 11) is -2.96. The highest BCUT2D eigenvalue weighted by atomic mass is 31.2. The molecule has 3 nitrogen and oxygen atoms in total. The zero-order valence-electron chi connectivity index (χ0n) is 7.32. The van der Waals surface area contributed by atoms with E-state index in [1.165, 1.54) is 5.82 Å². The molecule has 12 heavy (non-hydrogen) atoms. The van der Waals surface area contributed by atoms with Gasteiger partial charge in [-0.25, -0.2) is 4.57 Å². The van der Waals surface area contributed by atoms with Crippen LogP contribution in [0.1, 0.15) is 13.8 Å². The van der Waals surface area contributed by atoms with Crippen LogP contribution in [0, 0.1) is 5.92 Å². The third kappa shape index (κ3) is 2.50. The molecule has 0 saturated heterocycles. The van der Waals surface area contributed by atoms with Crippen LogP contribution in [0.15, 0.2) is 24.2 Å². The SMILES string of the molecule is C=C1C=CP(=O)(OCC(C)C)O1. The summed E-state index contributed by atoms with van der Waals surface area (Å²) in [5.74, 6) is 2.20. The van der Waals surface area contributed by atoms with E-state index in [4.69, 9.17) is 9.05 Å². The molecule has 0 spiro atoms. The van der Waals surface area contributed by atoms with Crippen molar-refractivity contribution in [2.24, 2.45) is 5.92 Å². The molecule has 0 radical (unpaired) electrons. The van der Waals surface area contributed by atoms with Crippen LogP contribution in [0.5, 0.6) is 0 Å².